The van der Waals surface area contributed by atoms with E-state index >= 15 is 0 Å². The van der Waals surface area contributed by atoms with Gasteiger partial charge in [-0.1, -0.05) is 18.2 Å². The van der Waals surface area contributed by atoms with Crippen molar-refractivity contribution in [3.8, 4) is 5.75 Å². The van der Waals surface area contributed by atoms with Gasteiger partial charge in [0, 0.05) is 39.1 Å². The van der Waals surface area contributed by atoms with Crippen molar-refractivity contribution in [1.82, 2.24) is 4.31 Å². The minimum atomic E-state index is -3.55. The van der Waals surface area contributed by atoms with Crippen molar-refractivity contribution in [3.05, 3.63) is 78.7 Å². The molecule has 3 aromatic rings. The summed E-state index contributed by atoms with van der Waals surface area (Å²) < 4.78 is 31.6. The summed E-state index contributed by atoms with van der Waals surface area (Å²) in [6, 6.07) is 19.9. The number of rotatable bonds is 8. The summed E-state index contributed by atoms with van der Waals surface area (Å²) in [7, 11) is 2.88. The van der Waals surface area contributed by atoms with Gasteiger partial charge < -0.3 is 19.9 Å². The zero-order chi connectivity index (χ0) is 26.0. The molecule has 0 saturated carbocycles. The van der Waals surface area contributed by atoms with E-state index in [1.807, 2.05) is 61.9 Å². The van der Waals surface area contributed by atoms with Crippen molar-refractivity contribution >= 4 is 38.7 Å². The fourth-order valence-electron chi connectivity index (χ4n) is 4.26. The number of sulfonamides is 1. The van der Waals surface area contributed by atoms with Crippen LogP contribution in [0.5, 0.6) is 5.75 Å². The molecule has 0 saturated heterocycles. The van der Waals surface area contributed by atoms with E-state index in [0.29, 0.717) is 12.2 Å². The molecule has 1 aliphatic heterocycles. The smallest absolute Gasteiger partial charge is 0.296 e. The molecule has 1 N–H and O–H groups in total. The molecule has 188 valence electrons. The third-order valence-corrected chi connectivity index (χ3v) is 8.11. The molecule has 0 fully saturated rings. The quantitative estimate of drug-likeness (QED) is 0.459. The second kappa shape index (κ2) is 10.1. The van der Waals surface area contributed by atoms with Gasteiger partial charge in [-0.2, -0.15) is 0 Å². The van der Waals surface area contributed by atoms with Gasteiger partial charge >= 0.3 is 0 Å². The molecule has 9 heteroatoms. The van der Waals surface area contributed by atoms with E-state index in [2.05, 4.69) is 10.2 Å². The van der Waals surface area contributed by atoms with Gasteiger partial charge in [-0.15, -0.1) is 0 Å². The maximum Gasteiger partial charge on any atom is 0.296 e. The first-order valence-corrected chi connectivity index (χ1v) is 13.0. The van der Waals surface area contributed by atoms with Crippen molar-refractivity contribution in [3.63, 3.8) is 0 Å². The number of benzene rings is 3. The van der Waals surface area contributed by atoms with Crippen LogP contribution in [0.2, 0.25) is 0 Å². The lowest BCUT2D eigenvalue weighted by atomic mass is 10.0. The molecule has 1 amide bonds. The highest BCUT2D eigenvalue weighted by atomic mass is 32.2. The summed E-state index contributed by atoms with van der Waals surface area (Å²) >= 11 is 0. The number of nitrogens with zero attached hydrogens (tertiary/aromatic N) is 3. The second-order valence-electron chi connectivity index (χ2n) is 8.80. The van der Waals surface area contributed by atoms with Crippen LogP contribution in [0.4, 0.5) is 22.7 Å². The molecule has 3 aromatic carbocycles. The lowest BCUT2D eigenvalue weighted by molar-refractivity contribution is -0.119. The van der Waals surface area contributed by atoms with E-state index in [1.54, 1.807) is 37.3 Å². The Labute approximate surface area is 213 Å². The van der Waals surface area contributed by atoms with Crippen LogP contribution in [0.1, 0.15) is 12.5 Å². The van der Waals surface area contributed by atoms with Gasteiger partial charge in [-0.3, -0.25) is 4.79 Å². The molecule has 36 heavy (non-hydrogen) atoms. The SMILES string of the molecule is C[CH+]C1C(=O)N(C)c2ccc(Nc3cccc(S(=O)(=O)N(C)C)c3)cc2N1Cc1ccc(OC)cc1. The van der Waals surface area contributed by atoms with Crippen LogP contribution in [0.25, 0.3) is 0 Å². The molecule has 0 bridgehead atoms. The molecule has 8 nitrogen and oxygen atoms in total. The van der Waals surface area contributed by atoms with E-state index in [1.165, 1.54) is 18.4 Å². The fraction of sp³-hybridized carbons (Fsp3) is 0.259. The topological polar surface area (TPSA) is 82.2 Å². The van der Waals surface area contributed by atoms with Gasteiger partial charge in [0.15, 0.2) is 0 Å². The van der Waals surface area contributed by atoms with Crippen molar-refractivity contribution in [1.29, 1.82) is 0 Å². The molecule has 4 rings (SSSR count). The number of hydrogen-bond donors (Lipinski definition) is 1. The van der Waals surface area contributed by atoms with Crippen LogP contribution in [-0.4, -0.2) is 52.9 Å². The molecular formula is C27H31N4O4S+. The average Bonchev–Trinajstić information content (AvgIpc) is 2.87. The Morgan fingerprint density at radius 1 is 1.00 bits per heavy atom. The third-order valence-electron chi connectivity index (χ3n) is 6.29. The molecule has 0 aliphatic carbocycles. The molecule has 0 radical (unpaired) electrons. The van der Waals surface area contributed by atoms with Crippen LogP contribution in [0.15, 0.2) is 71.6 Å². The molecule has 1 atom stereocenters. The van der Waals surface area contributed by atoms with Crippen molar-refractivity contribution in [2.75, 3.05) is 43.4 Å². The van der Waals surface area contributed by atoms with Crippen LogP contribution < -0.4 is 19.9 Å². The Morgan fingerprint density at radius 2 is 1.69 bits per heavy atom. The number of carbonyl (C=O) groups excluding carboxylic acids is 1. The lowest BCUT2D eigenvalue weighted by Crippen LogP contribution is -2.51. The summed E-state index contributed by atoms with van der Waals surface area (Å²) in [5, 5.41) is 3.32. The first kappa shape index (κ1) is 25.4. The first-order chi connectivity index (χ1) is 17.1. The molecule has 1 aliphatic rings. The van der Waals surface area contributed by atoms with Crippen molar-refractivity contribution < 1.29 is 17.9 Å². The van der Waals surface area contributed by atoms with Gasteiger partial charge in [0.25, 0.3) is 5.91 Å². The molecule has 0 spiro atoms. The van der Waals surface area contributed by atoms with Gasteiger partial charge in [0.05, 0.1) is 30.3 Å². The van der Waals surface area contributed by atoms with Gasteiger partial charge in [0.1, 0.15) is 12.2 Å². The number of nitrogens with one attached hydrogen (secondary N) is 1. The molecule has 1 unspecified atom stereocenters. The average molecular weight is 508 g/mol. The standard InChI is InChI=1S/C27H31N4O4S/c1-6-24-27(32)30(4)25-15-12-21(28-20-8-7-9-23(16-20)36(33,34)29(2)3)17-26(25)31(24)18-19-10-13-22(35-5)14-11-19/h6-17,24,28H,18H2,1-5H3/q+1. The Kier molecular flexibility index (Phi) is 7.14. The fourth-order valence-corrected chi connectivity index (χ4v) is 5.21. The predicted molar refractivity (Wildman–Crippen MR) is 143 cm³/mol. The number of fused-ring (bicyclic) bond motifs is 1. The third kappa shape index (κ3) is 4.84. The van der Waals surface area contributed by atoms with E-state index in [9.17, 15) is 13.2 Å². The highest BCUT2D eigenvalue weighted by Crippen LogP contribution is 2.39. The summed E-state index contributed by atoms with van der Waals surface area (Å²) in [5.74, 6) is 0.776. The van der Waals surface area contributed by atoms with Gasteiger partial charge in [-0.05, 0) is 54.1 Å². The monoisotopic (exact) mass is 507 g/mol. The molecule has 0 aromatic heterocycles. The van der Waals surface area contributed by atoms with Crippen LogP contribution in [0.3, 0.4) is 0 Å². The number of hydrogen-bond acceptors (Lipinski definition) is 6. The predicted octanol–water partition coefficient (Wildman–Crippen LogP) is 4.26. The highest BCUT2D eigenvalue weighted by Gasteiger charge is 2.40. The first-order valence-electron chi connectivity index (χ1n) is 11.6. The molecule has 1 heterocycles. The largest absolute Gasteiger partial charge is 0.497 e. The van der Waals surface area contributed by atoms with Gasteiger partial charge in [0.2, 0.25) is 16.1 Å². The minimum Gasteiger partial charge on any atom is -0.497 e. The van der Waals surface area contributed by atoms with Crippen molar-refractivity contribution in [2.24, 2.45) is 0 Å². The van der Waals surface area contributed by atoms with E-state index < -0.39 is 16.1 Å². The number of amides is 1. The highest BCUT2D eigenvalue weighted by molar-refractivity contribution is 7.89. The summed E-state index contributed by atoms with van der Waals surface area (Å²) in [4.78, 5) is 17.1. The Balaban J connectivity index is 1.70. The second-order valence-corrected chi connectivity index (χ2v) is 10.9. The van der Waals surface area contributed by atoms with Crippen molar-refractivity contribution in [2.45, 2.75) is 24.4 Å². The molecular weight excluding hydrogens is 476 g/mol. The number of likely N-dealkylation sites (N-methyl/N-ethyl adjacent to an activating group) is 1. The van der Waals surface area contributed by atoms with E-state index in [-0.39, 0.29) is 10.8 Å². The Morgan fingerprint density at radius 3 is 2.33 bits per heavy atom. The van der Waals surface area contributed by atoms with Crippen LogP contribution in [0, 0.1) is 6.42 Å². The van der Waals surface area contributed by atoms with Crippen LogP contribution >= 0.6 is 0 Å². The maximum absolute atomic E-state index is 13.1. The maximum atomic E-state index is 13.1. The normalized spacial score (nSPS) is 15.6. The zero-order valence-corrected chi connectivity index (χ0v) is 21.9. The van der Waals surface area contributed by atoms with E-state index in [4.69, 9.17) is 4.74 Å². The number of carbonyl (C=O) groups is 1. The van der Waals surface area contributed by atoms with Crippen LogP contribution in [-0.2, 0) is 21.4 Å². The lowest BCUT2D eigenvalue weighted by Gasteiger charge is -2.38. The van der Waals surface area contributed by atoms with Gasteiger partial charge in [-0.25, -0.2) is 12.7 Å². The zero-order valence-electron chi connectivity index (χ0n) is 21.1. The number of methoxy groups -OCH3 is 1. The summed E-state index contributed by atoms with van der Waals surface area (Å²) in [6.45, 7) is 2.42. The Hall–Kier alpha value is -3.69. The number of ether oxygens (including phenoxy) is 1. The summed E-state index contributed by atoms with van der Waals surface area (Å²) in [6.07, 6.45) is 1.90. The minimum absolute atomic E-state index is 0.000754. The Bertz CT molecular complexity index is 1360. The number of anilines is 4. The summed E-state index contributed by atoms with van der Waals surface area (Å²) in [5.41, 5.74) is 4.19. The van der Waals surface area contributed by atoms with E-state index in [0.717, 1.165) is 28.4 Å².